The fraction of sp³-hybridized carbons (Fsp3) is 0.800. The maximum atomic E-state index is 5.44. The normalized spacial score (nSPS) is 17.4. The maximum Gasteiger partial charge on any atom is 0.0964 e. The summed E-state index contributed by atoms with van der Waals surface area (Å²) in [5, 5.41) is 11.6. The van der Waals surface area contributed by atoms with Crippen LogP contribution in [0.25, 0.3) is 0 Å². The van der Waals surface area contributed by atoms with Gasteiger partial charge in [-0.25, -0.2) is 0 Å². The van der Waals surface area contributed by atoms with E-state index in [1.54, 1.807) is 4.68 Å². The summed E-state index contributed by atoms with van der Waals surface area (Å²) in [4.78, 5) is 0. The standard InChI is InChI=1S/C10H19N5/c11-5-6-15-8-10(13-14-15)7-12-9-3-1-2-4-9/h8-9,12H,1-7,11H2. The van der Waals surface area contributed by atoms with Crippen molar-refractivity contribution in [3.63, 3.8) is 0 Å². The second-order valence-electron chi connectivity index (χ2n) is 4.12. The Morgan fingerprint density at radius 3 is 3.00 bits per heavy atom. The first-order chi connectivity index (χ1) is 7.38. The van der Waals surface area contributed by atoms with Gasteiger partial charge in [0.15, 0.2) is 0 Å². The van der Waals surface area contributed by atoms with Crippen LogP contribution in [0, 0.1) is 0 Å². The molecule has 1 saturated carbocycles. The molecule has 1 heterocycles. The minimum absolute atomic E-state index is 0.610. The lowest BCUT2D eigenvalue weighted by Gasteiger charge is -2.09. The Labute approximate surface area is 90.0 Å². The highest BCUT2D eigenvalue weighted by Crippen LogP contribution is 2.17. The summed E-state index contributed by atoms with van der Waals surface area (Å²) < 4.78 is 1.80. The monoisotopic (exact) mass is 209 g/mol. The average molecular weight is 209 g/mol. The smallest absolute Gasteiger partial charge is 0.0964 e. The van der Waals surface area contributed by atoms with Crippen molar-refractivity contribution in [1.82, 2.24) is 20.3 Å². The van der Waals surface area contributed by atoms with Crippen molar-refractivity contribution in [1.29, 1.82) is 0 Å². The lowest BCUT2D eigenvalue weighted by atomic mass is 10.2. The second-order valence-corrected chi connectivity index (χ2v) is 4.12. The van der Waals surface area contributed by atoms with E-state index in [1.165, 1.54) is 25.7 Å². The molecular formula is C10H19N5. The van der Waals surface area contributed by atoms with Crippen LogP contribution in [0.15, 0.2) is 6.20 Å². The number of aromatic nitrogens is 3. The van der Waals surface area contributed by atoms with Gasteiger partial charge in [0.2, 0.25) is 0 Å². The predicted octanol–water partition coefficient (Wildman–Crippen LogP) is 0.269. The van der Waals surface area contributed by atoms with Crippen LogP contribution in [0.2, 0.25) is 0 Å². The quantitative estimate of drug-likeness (QED) is 0.730. The third-order valence-corrected chi connectivity index (χ3v) is 2.87. The third-order valence-electron chi connectivity index (χ3n) is 2.87. The lowest BCUT2D eigenvalue weighted by molar-refractivity contribution is 0.519. The molecule has 3 N–H and O–H groups in total. The van der Waals surface area contributed by atoms with E-state index in [0.717, 1.165) is 18.8 Å². The predicted molar refractivity (Wildman–Crippen MR) is 58.2 cm³/mol. The highest BCUT2D eigenvalue weighted by Gasteiger charge is 2.14. The molecule has 0 saturated heterocycles. The Hall–Kier alpha value is -0.940. The topological polar surface area (TPSA) is 68.8 Å². The summed E-state index contributed by atoms with van der Waals surface area (Å²) in [5.74, 6) is 0. The first kappa shape index (κ1) is 10.6. The largest absolute Gasteiger partial charge is 0.329 e. The number of rotatable bonds is 5. The molecule has 15 heavy (non-hydrogen) atoms. The minimum Gasteiger partial charge on any atom is -0.329 e. The molecule has 0 atom stereocenters. The molecule has 0 spiro atoms. The summed E-state index contributed by atoms with van der Waals surface area (Å²) in [5.41, 5.74) is 6.45. The summed E-state index contributed by atoms with van der Waals surface area (Å²) in [7, 11) is 0. The summed E-state index contributed by atoms with van der Waals surface area (Å²) in [6.45, 7) is 2.19. The van der Waals surface area contributed by atoms with Crippen LogP contribution in [0.4, 0.5) is 0 Å². The van der Waals surface area contributed by atoms with E-state index in [9.17, 15) is 0 Å². The fourth-order valence-corrected chi connectivity index (χ4v) is 2.04. The van der Waals surface area contributed by atoms with Gasteiger partial charge in [0.25, 0.3) is 0 Å². The SMILES string of the molecule is NCCn1cc(CNC2CCCC2)nn1. The van der Waals surface area contributed by atoms with Crippen LogP contribution in [0.5, 0.6) is 0 Å². The van der Waals surface area contributed by atoms with Gasteiger partial charge in [-0.15, -0.1) is 5.10 Å². The van der Waals surface area contributed by atoms with Gasteiger partial charge in [0, 0.05) is 25.3 Å². The Balaban J connectivity index is 1.77. The molecule has 0 aromatic carbocycles. The van der Waals surface area contributed by atoms with Crippen LogP contribution < -0.4 is 11.1 Å². The summed E-state index contributed by atoms with van der Waals surface area (Å²) >= 11 is 0. The van der Waals surface area contributed by atoms with Crippen molar-refractivity contribution in [3.8, 4) is 0 Å². The molecular weight excluding hydrogens is 190 g/mol. The third kappa shape index (κ3) is 3.00. The molecule has 1 aromatic rings. The molecule has 84 valence electrons. The Bertz CT molecular complexity index is 290. The van der Waals surface area contributed by atoms with Crippen molar-refractivity contribution in [2.75, 3.05) is 6.54 Å². The first-order valence-corrected chi connectivity index (χ1v) is 5.71. The van der Waals surface area contributed by atoms with Crippen LogP contribution in [0.3, 0.4) is 0 Å². The zero-order valence-corrected chi connectivity index (χ0v) is 9.02. The first-order valence-electron chi connectivity index (χ1n) is 5.71. The van der Waals surface area contributed by atoms with Crippen molar-refractivity contribution in [2.24, 2.45) is 5.73 Å². The average Bonchev–Trinajstić information content (AvgIpc) is 2.85. The zero-order valence-electron chi connectivity index (χ0n) is 9.02. The Morgan fingerprint density at radius 2 is 2.27 bits per heavy atom. The van der Waals surface area contributed by atoms with Gasteiger partial charge < -0.3 is 11.1 Å². The number of hydrogen-bond donors (Lipinski definition) is 2. The van der Waals surface area contributed by atoms with E-state index in [-0.39, 0.29) is 0 Å². The van der Waals surface area contributed by atoms with E-state index >= 15 is 0 Å². The van der Waals surface area contributed by atoms with Crippen LogP contribution in [0.1, 0.15) is 31.4 Å². The molecule has 5 nitrogen and oxygen atoms in total. The van der Waals surface area contributed by atoms with E-state index in [4.69, 9.17) is 5.73 Å². The fourth-order valence-electron chi connectivity index (χ4n) is 2.04. The molecule has 0 bridgehead atoms. The molecule has 1 fully saturated rings. The molecule has 2 rings (SSSR count). The summed E-state index contributed by atoms with van der Waals surface area (Å²) in [6, 6.07) is 0.685. The Morgan fingerprint density at radius 1 is 1.47 bits per heavy atom. The number of nitrogens with two attached hydrogens (primary N) is 1. The molecule has 1 aliphatic carbocycles. The zero-order chi connectivity index (χ0) is 10.5. The molecule has 5 heteroatoms. The van der Waals surface area contributed by atoms with Crippen molar-refractivity contribution >= 4 is 0 Å². The number of hydrogen-bond acceptors (Lipinski definition) is 4. The molecule has 0 amide bonds. The van der Waals surface area contributed by atoms with Crippen LogP contribution >= 0.6 is 0 Å². The van der Waals surface area contributed by atoms with Gasteiger partial charge in [0.1, 0.15) is 0 Å². The molecule has 0 unspecified atom stereocenters. The van der Waals surface area contributed by atoms with Gasteiger partial charge in [-0.1, -0.05) is 18.1 Å². The minimum atomic E-state index is 0.610. The van der Waals surface area contributed by atoms with Crippen molar-refractivity contribution in [2.45, 2.75) is 44.8 Å². The van der Waals surface area contributed by atoms with Gasteiger partial charge >= 0.3 is 0 Å². The van der Waals surface area contributed by atoms with Gasteiger partial charge in [-0.3, -0.25) is 4.68 Å². The number of nitrogens with zero attached hydrogens (tertiary/aromatic N) is 3. The van der Waals surface area contributed by atoms with E-state index in [0.29, 0.717) is 12.6 Å². The molecule has 0 radical (unpaired) electrons. The van der Waals surface area contributed by atoms with Crippen molar-refractivity contribution < 1.29 is 0 Å². The maximum absolute atomic E-state index is 5.44. The van der Waals surface area contributed by atoms with Crippen LogP contribution in [-0.2, 0) is 13.1 Å². The van der Waals surface area contributed by atoms with Crippen LogP contribution in [-0.4, -0.2) is 27.6 Å². The van der Waals surface area contributed by atoms with E-state index in [2.05, 4.69) is 15.6 Å². The van der Waals surface area contributed by atoms with Gasteiger partial charge in [0.05, 0.1) is 12.2 Å². The molecule has 0 aliphatic heterocycles. The van der Waals surface area contributed by atoms with Crippen molar-refractivity contribution in [3.05, 3.63) is 11.9 Å². The molecule has 1 aliphatic rings. The lowest BCUT2D eigenvalue weighted by Crippen LogP contribution is -2.25. The molecule has 1 aromatic heterocycles. The Kier molecular flexibility index (Phi) is 3.69. The van der Waals surface area contributed by atoms with Gasteiger partial charge in [-0.05, 0) is 12.8 Å². The van der Waals surface area contributed by atoms with E-state index in [1.807, 2.05) is 6.20 Å². The summed E-state index contributed by atoms with van der Waals surface area (Å²) in [6.07, 6.45) is 7.29. The highest BCUT2D eigenvalue weighted by molar-refractivity contribution is 4.92. The van der Waals surface area contributed by atoms with E-state index < -0.39 is 0 Å². The highest BCUT2D eigenvalue weighted by atomic mass is 15.4. The van der Waals surface area contributed by atoms with Gasteiger partial charge in [-0.2, -0.15) is 0 Å². The second kappa shape index (κ2) is 5.23. The number of nitrogens with one attached hydrogen (secondary N) is 1.